The van der Waals surface area contributed by atoms with Gasteiger partial charge in [-0.2, -0.15) is 0 Å². The molecule has 0 spiro atoms. The molecule has 5 heteroatoms. The van der Waals surface area contributed by atoms with E-state index in [-0.39, 0.29) is 18.4 Å². The average molecular weight is 317 g/mol. The standard InChI is InChI=1S/C18H23NO4/c1-11-6-7-14(8-12(11)2)23-10-16(20)19-9-13-4-3-5-15(13)17(19)18(21)22/h6-8,13,15,17H,3-5,9-10H2,1-2H3,(H,21,22). The zero-order chi connectivity index (χ0) is 16.6. The molecule has 1 aromatic carbocycles. The first-order valence-electron chi connectivity index (χ1n) is 8.19. The molecule has 1 amide bonds. The molecule has 124 valence electrons. The van der Waals surface area contributed by atoms with Crippen molar-refractivity contribution in [2.45, 2.75) is 39.2 Å². The number of benzene rings is 1. The van der Waals surface area contributed by atoms with Crippen LogP contribution in [0.25, 0.3) is 0 Å². The van der Waals surface area contributed by atoms with E-state index in [1.165, 1.54) is 10.5 Å². The fourth-order valence-corrected chi connectivity index (χ4v) is 3.91. The van der Waals surface area contributed by atoms with Crippen molar-refractivity contribution in [1.29, 1.82) is 0 Å². The highest BCUT2D eigenvalue weighted by Gasteiger charge is 2.49. The first-order valence-corrected chi connectivity index (χ1v) is 8.19. The molecule has 1 aliphatic heterocycles. The molecule has 5 nitrogen and oxygen atoms in total. The molecule has 2 fully saturated rings. The van der Waals surface area contributed by atoms with Gasteiger partial charge in [-0.3, -0.25) is 4.79 Å². The SMILES string of the molecule is Cc1ccc(OCC(=O)N2CC3CCCC3C2C(=O)O)cc1C. The predicted octanol–water partition coefficient (Wildman–Crippen LogP) is 2.39. The molecule has 1 heterocycles. The van der Waals surface area contributed by atoms with Gasteiger partial charge >= 0.3 is 5.97 Å². The largest absolute Gasteiger partial charge is 0.484 e. The fraction of sp³-hybridized carbons (Fsp3) is 0.556. The molecule has 1 saturated carbocycles. The third kappa shape index (κ3) is 3.05. The number of ether oxygens (including phenoxy) is 1. The lowest BCUT2D eigenvalue weighted by Gasteiger charge is -2.24. The van der Waals surface area contributed by atoms with Crippen LogP contribution in [0.1, 0.15) is 30.4 Å². The van der Waals surface area contributed by atoms with E-state index >= 15 is 0 Å². The zero-order valence-electron chi connectivity index (χ0n) is 13.6. The highest BCUT2D eigenvalue weighted by Crippen LogP contribution is 2.42. The monoisotopic (exact) mass is 317 g/mol. The van der Waals surface area contributed by atoms with Crippen molar-refractivity contribution in [3.8, 4) is 5.75 Å². The van der Waals surface area contributed by atoms with Gasteiger partial charge in [0.25, 0.3) is 5.91 Å². The van der Waals surface area contributed by atoms with Crippen LogP contribution in [0.5, 0.6) is 5.75 Å². The van der Waals surface area contributed by atoms with E-state index in [9.17, 15) is 14.7 Å². The Balaban J connectivity index is 1.65. The van der Waals surface area contributed by atoms with E-state index < -0.39 is 12.0 Å². The van der Waals surface area contributed by atoms with Gasteiger partial charge in [0.1, 0.15) is 11.8 Å². The number of fused-ring (bicyclic) bond motifs is 1. The van der Waals surface area contributed by atoms with Gasteiger partial charge in [0, 0.05) is 6.54 Å². The van der Waals surface area contributed by atoms with Gasteiger partial charge in [-0.1, -0.05) is 12.5 Å². The molecule has 3 unspecified atom stereocenters. The van der Waals surface area contributed by atoms with Crippen molar-refractivity contribution >= 4 is 11.9 Å². The maximum Gasteiger partial charge on any atom is 0.326 e. The van der Waals surface area contributed by atoms with E-state index in [0.29, 0.717) is 18.2 Å². The summed E-state index contributed by atoms with van der Waals surface area (Å²) in [5.74, 6) is -0.0311. The number of hydrogen-bond donors (Lipinski definition) is 1. The maximum atomic E-state index is 12.5. The number of nitrogens with zero attached hydrogens (tertiary/aromatic N) is 1. The Morgan fingerprint density at radius 2 is 2.04 bits per heavy atom. The predicted molar refractivity (Wildman–Crippen MR) is 85.4 cm³/mol. The first kappa shape index (κ1) is 15.8. The first-order chi connectivity index (χ1) is 11.0. The lowest BCUT2D eigenvalue weighted by atomic mass is 9.94. The Bertz CT molecular complexity index is 627. The highest BCUT2D eigenvalue weighted by molar-refractivity contribution is 5.85. The number of carbonyl (C=O) groups is 2. The van der Waals surface area contributed by atoms with Gasteiger partial charge in [0.15, 0.2) is 6.61 Å². The number of hydrogen-bond acceptors (Lipinski definition) is 3. The third-order valence-corrected chi connectivity index (χ3v) is 5.30. The molecular weight excluding hydrogens is 294 g/mol. The summed E-state index contributed by atoms with van der Waals surface area (Å²) in [6, 6.07) is 5.01. The minimum atomic E-state index is -0.890. The summed E-state index contributed by atoms with van der Waals surface area (Å²) in [4.78, 5) is 25.5. The second-order valence-electron chi connectivity index (χ2n) is 6.72. The average Bonchev–Trinajstić information content (AvgIpc) is 3.08. The maximum absolute atomic E-state index is 12.5. The normalized spacial score (nSPS) is 26.2. The van der Waals surface area contributed by atoms with Crippen LogP contribution < -0.4 is 4.74 Å². The van der Waals surface area contributed by atoms with Crippen LogP contribution in [-0.4, -0.2) is 41.1 Å². The van der Waals surface area contributed by atoms with Gasteiger partial charge in [0.05, 0.1) is 0 Å². The molecule has 0 radical (unpaired) electrons. The summed E-state index contributed by atoms with van der Waals surface area (Å²) in [5.41, 5.74) is 2.27. The van der Waals surface area contributed by atoms with Gasteiger partial charge in [0.2, 0.25) is 0 Å². The van der Waals surface area contributed by atoms with Crippen molar-refractivity contribution in [1.82, 2.24) is 4.90 Å². The topological polar surface area (TPSA) is 66.8 Å². The molecule has 0 aromatic heterocycles. The van der Waals surface area contributed by atoms with Crippen LogP contribution in [0, 0.1) is 25.7 Å². The Morgan fingerprint density at radius 1 is 1.26 bits per heavy atom. The molecule has 3 atom stereocenters. The van der Waals surface area contributed by atoms with Crippen LogP contribution in [-0.2, 0) is 9.59 Å². The minimum absolute atomic E-state index is 0.105. The molecule has 0 bridgehead atoms. The molecule has 2 aliphatic rings. The van der Waals surface area contributed by atoms with Crippen molar-refractivity contribution in [2.75, 3.05) is 13.2 Å². The molecule has 1 aromatic rings. The van der Waals surface area contributed by atoms with E-state index in [2.05, 4.69) is 0 Å². The van der Waals surface area contributed by atoms with Crippen LogP contribution in [0.3, 0.4) is 0 Å². The molecular formula is C18H23NO4. The smallest absolute Gasteiger partial charge is 0.326 e. The van der Waals surface area contributed by atoms with Gasteiger partial charge in [-0.25, -0.2) is 4.79 Å². The highest BCUT2D eigenvalue weighted by atomic mass is 16.5. The lowest BCUT2D eigenvalue weighted by molar-refractivity contribution is -0.150. The third-order valence-electron chi connectivity index (χ3n) is 5.30. The summed E-state index contributed by atoms with van der Waals surface area (Å²) < 4.78 is 5.58. The van der Waals surface area contributed by atoms with Crippen LogP contribution in [0.15, 0.2) is 18.2 Å². The van der Waals surface area contributed by atoms with Crippen LogP contribution in [0.4, 0.5) is 0 Å². The van der Waals surface area contributed by atoms with Crippen LogP contribution >= 0.6 is 0 Å². The number of carboxylic acids is 1. The van der Waals surface area contributed by atoms with E-state index in [1.807, 2.05) is 32.0 Å². The summed E-state index contributed by atoms with van der Waals surface area (Å²) in [6.45, 7) is 4.46. The van der Waals surface area contributed by atoms with E-state index in [4.69, 9.17) is 4.74 Å². The van der Waals surface area contributed by atoms with Crippen molar-refractivity contribution in [2.24, 2.45) is 11.8 Å². The fourth-order valence-electron chi connectivity index (χ4n) is 3.91. The molecule has 1 saturated heterocycles. The Kier molecular flexibility index (Phi) is 4.28. The summed E-state index contributed by atoms with van der Waals surface area (Å²) >= 11 is 0. The van der Waals surface area contributed by atoms with Gasteiger partial charge in [-0.15, -0.1) is 0 Å². The lowest BCUT2D eigenvalue weighted by Crippen LogP contribution is -2.45. The Hall–Kier alpha value is -2.04. The molecule has 23 heavy (non-hydrogen) atoms. The van der Waals surface area contributed by atoms with Crippen molar-refractivity contribution in [3.63, 3.8) is 0 Å². The summed E-state index contributed by atoms with van der Waals surface area (Å²) in [5, 5.41) is 9.50. The zero-order valence-corrected chi connectivity index (χ0v) is 13.6. The molecule has 1 aliphatic carbocycles. The quantitative estimate of drug-likeness (QED) is 0.926. The number of carboxylic acid groups (broad SMARTS) is 1. The second kappa shape index (κ2) is 6.22. The minimum Gasteiger partial charge on any atom is -0.484 e. The number of carbonyl (C=O) groups excluding carboxylic acids is 1. The van der Waals surface area contributed by atoms with Crippen molar-refractivity contribution in [3.05, 3.63) is 29.3 Å². The Morgan fingerprint density at radius 3 is 2.74 bits per heavy atom. The van der Waals surface area contributed by atoms with Crippen molar-refractivity contribution < 1.29 is 19.4 Å². The number of aliphatic carboxylic acids is 1. The van der Waals surface area contributed by atoms with Crippen LogP contribution in [0.2, 0.25) is 0 Å². The Labute approximate surface area is 136 Å². The number of amides is 1. The number of aryl methyl sites for hydroxylation is 2. The number of rotatable bonds is 4. The summed E-state index contributed by atoms with van der Waals surface area (Å²) in [7, 11) is 0. The van der Waals surface area contributed by atoms with Gasteiger partial charge in [-0.05, 0) is 61.8 Å². The van der Waals surface area contributed by atoms with E-state index in [1.54, 1.807) is 0 Å². The number of likely N-dealkylation sites (tertiary alicyclic amines) is 1. The molecule has 1 N–H and O–H groups in total. The van der Waals surface area contributed by atoms with E-state index in [0.717, 1.165) is 24.8 Å². The van der Waals surface area contributed by atoms with Gasteiger partial charge < -0.3 is 14.7 Å². The second-order valence-corrected chi connectivity index (χ2v) is 6.72. The molecule has 3 rings (SSSR count). The summed E-state index contributed by atoms with van der Waals surface area (Å²) in [6.07, 6.45) is 3.00.